The lowest BCUT2D eigenvalue weighted by Gasteiger charge is -2.10. The Balaban J connectivity index is 2.81. The quantitative estimate of drug-likeness (QED) is 0.747. The molecule has 0 radical (unpaired) electrons. The first-order valence-corrected chi connectivity index (χ1v) is 5.46. The fourth-order valence-electron chi connectivity index (χ4n) is 1.63. The van der Waals surface area contributed by atoms with E-state index in [1.165, 1.54) is 5.56 Å². The fourth-order valence-corrected chi connectivity index (χ4v) is 1.63. The van der Waals surface area contributed by atoms with Crippen LogP contribution >= 0.6 is 0 Å². The van der Waals surface area contributed by atoms with E-state index >= 15 is 0 Å². The molecule has 2 nitrogen and oxygen atoms in total. The van der Waals surface area contributed by atoms with E-state index in [9.17, 15) is 4.79 Å². The van der Waals surface area contributed by atoms with Gasteiger partial charge in [0.1, 0.15) is 0 Å². The minimum atomic E-state index is 0.0436. The molecule has 1 unspecified atom stereocenters. The van der Waals surface area contributed by atoms with Crippen LogP contribution in [-0.4, -0.2) is 19.4 Å². The van der Waals surface area contributed by atoms with E-state index in [0.29, 0.717) is 0 Å². The minimum absolute atomic E-state index is 0.0436. The van der Waals surface area contributed by atoms with Gasteiger partial charge in [0.15, 0.2) is 5.78 Å². The lowest BCUT2D eigenvalue weighted by atomic mass is 9.97. The smallest absolute Gasteiger partial charge is 0.166 e. The first kappa shape index (κ1) is 11.9. The molecule has 1 aromatic carbocycles. The van der Waals surface area contributed by atoms with E-state index in [1.807, 2.05) is 32.2 Å². The van der Waals surface area contributed by atoms with Crippen molar-refractivity contribution in [3.63, 3.8) is 0 Å². The number of carbonyl (C=O) groups excluding carboxylic acids is 1. The van der Waals surface area contributed by atoms with Gasteiger partial charge in [-0.3, -0.25) is 4.79 Å². The summed E-state index contributed by atoms with van der Waals surface area (Å²) in [5.74, 6) is 0.266. The molecule has 1 N–H and O–H groups in total. The first-order chi connectivity index (χ1) is 7.19. The maximum Gasteiger partial charge on any atom is 0.166 e. The molecular formula is C13H19NO. The average Bonchev–Trinajstić information content (AvgIpc) is 2.28. The van der Waals surface area contributed by atoms with Gasteiger partial charge in [0.2, 0.25) is 0 Å². The highest BCUT2D eigenvalue weighted by Gasteiger charge is 2.13. The van der Waals surface area contributed by atoms with Gasteiger partial charge in [-0.1, -0.05) is 32.0 Å². The summed E-state index contributed by atoms with van der Waals surface area (Å²) in [5, 5.41) is 3.03. The first-order valence-electron chi connectivity index (χ1n) is 5.46. The van der Waals surface area contributed by atoms with Crippen molar-refractivity contribution in [2.75, 3.05) is 13.6 Å². The van der Waals surface area contributed by atoms with Crippen LogP contribution < -0.4 is 5.32 Å². The number of Topliss-reactive ketones (excluding diaryl/α,β-unsaturated/α-hetero) is 1. The summed E-state index contributed by atoms with van der Waals surface area (Å²) in [7, 11) is 1.87. The average molecular weight is 205 g/mol. The Bertz CT molecular complexity index is 333. The Morgan fingerprint density at radius 1 is 1.47 bits per heavy atom. The second-order valence-corrected chi connectivity index (χ2v) is 3.88. The lowest BCUT2D eigenvalue weighted by Crippen LogP contribution is -2.23. The number of hydrogen-bond donors (Lipinski definition) is 1. The van der Waals surface area contributed by atoms with Crippen molar-refractivity contribution in [2.24, 2.45) is 5.92 Å². The highest BCUT2D eigenvalue weighted by Crippen LogP contribution is 2.11. The fraction of sp³-hybridized carbons (Fsp3) is 0.462. The number of nitrogens with one attached hydrogen (secondary N) is 1. The third-order valence-electron chi connectivity index (χ3n) is 2.58. The molecule has 0 aliphatic heterocycles. The molecule has 0 aromatic heterocycles. The van der Waals surface area contributed by atoms with Crippen LogP contribution in [0.5, 0.6) is 0 Å². The van der Waals surface area contributed by atoms with Crippen LogP contribution in [0, 0.1) is 5.92 Å². The number of ketones is 1. The van der Waals surface area contributed by atoms with Crippen LogP contribution in [0.3, 0.4) is 0 Å². The maximum atomic E-state index is 12.0. The van der Waals surface area contributed by atoms with Crippen LogP contribution in [0.1, 0.15) is 29.8 Å². The predicted molar refractivity (Wildman–Crippen MR) is 63.2 cm³/mol. The van der Waals surface area contributed by atoms with Gasteiger partial charge in [-0.25, -0.2) is 0 Å². The van der Waals surface area contributed by atoms with Crippen LogP contribution in [0.2, 0.25) is 0 Å². The molecule has 0 spiro atoms. The van der Waals surface area contributed by atoms with Gasteiger partial charge in [0, 0.05) is 18.0 Å². The number of hydrogen-bond acceptors (Lipinski definition) is 2. The van der Waals surface area contributed by atoms with Gasteiger partial charge in [0.25, 0.3) is 0 Å². The predicted octanol–water partition coefficient (Wildman–Crippen LogP) is 2.29. The standard InChI is InChI=1S/C13H19NO/c1-4-11-6-5-7-12(8-11)13(15)10(2)9-14-3/h5-8,10,14H,4,9H2,1-3H3. The van der Waals surface area contributed by atoms with Crippen LogP contribution in [-0.2, 0) is 6.42 Å². The van der Waals surface area contributed by atoms with Gasteiger partial charge in [-0.05, 0) is 25.1 Å². The Kier molecular flexibility index (Phi) is 4.50. The summed E-state index contributed by atoms with van der Waals surface area (Å²) in [6.45, 7) is 4.78. The van der Waals surface area contributed by atoms with Crippen molar-refractivity contribution >= 4 is 5.78 Å². The molecule has 0 aliphatic rings. The number of aryl methyl sites for hydroxylation is 1. The Hall–Kier alpha value is -1.15. The van der Waals surface area contributed by atoms with Crippen molar-refractivity contribution in [3.8, 4) is 0 Å². The molecule has 1 atom stereocenters. The Morgan fingerprint density at radius 2 is 2.20 bits per heavy atom. The number of benzene rings is 1. The normalized spacial score (nSPS) is 12.5. The molecule has 0 saturated carbocycles. The molecule has 0 heterocycles. The summed E-state index contributed by atoms with van der Waals surface area (Å²) >= 11 is 0. The molecule has 0 amide bonds. The minimum Gasteiger partial charge on any atom is -0.319 e. The van der Waals surface area contributed by atoms with Gasteiger partial charge in [-0.15, -0.1) is 0 Å². The number of rotatable bonds is 5. The largest absolute Gasteiger partial charge is 0.319 e. The zero-order valence-electron chi connectivity index (χ0n) is 9.71. The third kappa shape index (κ3) is 3.17. The molecule has 82 valence electrons. The third-order valence-corrected chi connectivity index (χ3v) is 2.58. The van der Waals surface area contributed by atoms with E-state index in [2.05, 4.69) is 18.3 Å². The van der Waals surface area contributed by atoms with Gasteiger partial charge in [-0.2, -0.15) is 0 Å². The molecule has 0 saturated heterocycles. The molecule has 1 aromatic rings. The van der Waals surface area contributed by atoms with E-state index in [1.54, 1.807) is 0 Å². The molecule has 0 bridgehead atoms. The maximum absolute atomic E-state index is 12.0. The molecule has 0 fully saturated rings. The molecule has 0 aliphatic carbocycles. The van der Waals surface area contributed by atoms with Crippen molar-refractivity contribution in [1.82, 2.24) is 5.32 Å². The second-order valence-electron chi connectivity index (χ2n) is 3.88. The number of carbonyl (C=O) groups is 1. The van der Waals surface area contributed by atoms with Gasteiger partial charge >= 0.3 is 0 Å². The van der Waals surface area contributed by atoms with E-state index in [0.717, 1.165) is 18.5 Å². The molecule has 2 heteroatoms. The van der Waals surface area contributed by atoms with Crippen molar-refractivity contribution in [3.05, 3.63) is 35.4 Å². The molecule has 15 heavy (non-hydrogen) atoms. The van der Waals surface area contributed by atoms with Crippen LogP contribution in [0.4, 0.5) is 0 Å². The van der Waals surface area contributed by atoms with Crippen LogP contribution in [0.15, 0.2) is 24.3 Å². The molecular weight excluding hydrogens is 186 g/mol. The molecule has 1 rings (SSSR count). The summed E-state index contributed by atoms with van der Waals surface area (Å²) in [6, 6.07) is 7.90. The highest BCUT2D eigenvalue weighted by molar-refractivity contribution is 5.97. The Morgan fingerprint density at radius 3 is 2.80 bits per heavy atom. The summed E-state index contributed by atoms with van der Waals surface area (Å²) < 4.78 is 0. The second kappa shape index (κ2) is 5.66. The van der Waals surface area contributed by atoms with E-state index in [4.69, 9.17) is 0 Å². The summed E-state index contributed by atoms with van der Waals surface area (Å²) in [4.78, 5) is 12.0. The Labute approximate surface area is 91.7 Å². The lowest BCUT2D eigenvalue weighted by molar-refractivity contribution is 0.0930. The van der Waals surface area contributed by atoms with Gasteiger partial charge < -0.3 is 5.32 Å². The van der Waals surface area contributed by atoms with Gasteiger partial charge in [0.05, 0.1) is 0 Å². The summed E-state index contributed by atoms with van der Waals surface area (Å²) in [6.07, 6.45) is 0.974. The van der Waals surface area contributed by atoms with E-state index in [-0.39, 0.29) is 11.7 Å². The van der Waals surface area contributed by atoms with Crippen molar-refractivity contribution in [2.45, 2.75) is 20.3 Å². The summed E-state index contributed by atoms with van der Waals surface area (Å²) in [5.41, 5.74) is 2.05. The van der Waals surface area contributed by atoms with Crippen LogP contribution in [0.25, 0.3) is 0 Å². The zero-order chi connectivity index (χ0) is 11.3. The van der Waals surface area contributed by atoms with E-state index < -0.39 is 0 Å². The topological polar surface area (TPSA) is 29.1 Å². The SMILES string of the molecule is CCc1cccc(C(=O)C(C)CNC)c1. The zero-order valence-corrected chi connectivity index (χ0v) is 9.71. The monoisotopic (exact) mass is 205 g/mol. The highest BCUT2D eigenvalue weighted by atomic mass is 16.1. The van der Waals surface area contributed by atoms with Crippen molar-refractivity contribution in [1.29, 1.82) is 0 Å². The van der Waals surface area contributed by atoms with Crippen molar-refractivity contribution < 1.29 is 4.79 Å².